The van der Waals surface area contributed by atoms with Crippen LogP contribution in [-0.2, 0) is 16.6 Å². The zero-order chi connectivity index (χ0) is 20.8. The van der Waals surface area contributed by atoms with Gasteiger partial charge in [0.25, 0.3) is 15.6 Å². The van der Waals surface area contributed by atoms with Crippen LogP contribution in [0.3, 0.4) is 0 Å². The normalized spacial score (nSPS) is 12.1. The summed E-state index contributed by atoms with van der Waals surface area (Å²) in [4.78, 5) is 18.2. The maximum Gasteiger partial charge on any atom is 0.275 e. The standard InChI is InChI=1S/C20H19N3O4S2/c1-13-4-6-14(7-5-13)16-11-28-19-18(16)20(24)23(12-21-19)10-15-8-9-17(27-15)29(25,26)22(2)3/h4-9,11-12H,10H2,1-3H3. The van der Waals surface area contributed by atoms with E-state index in [2.05, 4.69) is 4.98 Å². The zero-order valence-electron chi connectivity index (χ0n) is 16.1. The van der Waals surface area contributed by atoms with Gasteiger partial charge in [-0.05, 0) is 24.6 Å². The number of aromatic nitrogens is 2. The molecule has 0 aliphatic heterocycles. The quantitative estimate of drug-likeness (QED) is 0.486. The van der Waals surface area contributed by atoms with E-state index in [4.69, 9.17) is 4.42 Å². The van der Waals surface area contributed by atoms with Crippen molar-refractivity contribution in [1.82, 2.24) is 13.9 Å². The second-order valence-corrected chi connectivity index (χ2v) is 9.82. The third kappa shape index (κ3) is 3.52. The number of sulfonamides is 1. The lowest BCUT2D eigenvalue weighted by molar-refractivity contribution is 0.391. The average molecular weight is 430 g/mol. The molecule has 0 spiro atoms. The van der Waals surface area contributed by atoms with Gasteiger partial charge in [-0.25, -0.2) is 17.7 Å². The van der Waals surface area contributed by atoms with Gasteiger partial charge in [-0.2, -0.15) is 0 Å². The van der Waals surface area contributed by atoms with Gasteiger partial charge in [0.2, 0.25) is 5.09 Å². The number of hydrogen-bond acceptors (Lipinski definition) is 6. The van der Waals surface area contributed by atoms with Crippen LogP contribution in [0.5, 0.6) is 0 Å². The van der Waals surface area contributed by atoms with E-state index < -0.39 is 10.0 Å². The SMILES string of the molecule is Cc1ccc(-c2csc3ncn(Cc4ccc(S(=O)(=O)N(C)C)o4)c(=O)c23)cc1. The van der Waals surface area contributed by atoms with E-state index in [1.807, 2.05) is 36.6 Å². The molecule has 0 fully saturated rings. The lowest BCUT2D eigenvalue weighted by Gasteiger charge is -2.08. The molecule has 7 nitrogen and oxygen atoms in total. The average Bonchev–Trinajstić information content (AvgIpc) is 3.32. The number of aryl methyl sites for hydroxylation is 1. The number of thiophene rings is 1. The maximum absolute atomic E-state index is 13.1. The van der Waals surface area contributed by atoms with E-state index in [0.29, 0.717) is 16.0 Å². The van der Waals surface area contributed by atoms with Gasteiger partial charge >= 0.3 is 0 Å². The van der Waals surface area contributed by atoms with Gasteiger partial charge in [0.05, 0.1) is 18.3 Å². The van der Waals surface area contributed by atoms with Crippen LogP contribution in [0.2, 0.25) is 0 Å². The Labute approximate surface area is 171 Å². The molecule has 3 heterocycles. The molecule has 4 aromatic rings. The first kappa shape index (κ1) is 19.6. The summed E-state index contributed by atoms with van der Waals surface area (Å²) in [7, 11) is -0.798. The van der Waals surface area contributed by atoms with Crippen molar-refractivity contribution in [3.8, 4) is 11.1 Å². The zero-order valence-corrected chi connectivity index (χ0v) is 17.8. The molecule has 0 saturated carbocycles. The van der Waals surface area contributed by atoms with E-state index in [9.17, 15) is 13.2 Å². The van der Waals surface area contributed by atoms with Crippen LogP contribution in [0.4, 0.5) is 0 Å². The Bertz CT molecular complexity index is 1350. The first-order valence-corrected chi connectivity index (χ1v) is 11.1. The predicted octanol–water partition coefficient (Wildman–Crippen LogP) is 3.33. The molecule has 0 aliphatic carbocycles. The minimum atomic E-state index is -3.67. The molecule has 9 heteroatoms. The number of benzene rings is 1. The molecule has 0 aliphatic rings. The van der Waals surface area contributed by atoms with E-state index in [1.165, 1.54) is 42.4 Å². The monoisotopic (exact) mass is 429 g/mol. The number of rotatable bonds is 5. The fourth-order valence-corrected chi connectivity index (χ4v) is 4.67. The highest BCUT2D eigenvalue weighted by Gasteiger charge is 2.22. The largest absolute Gasteiger partial charge is 0.446 e. The summed E-state index contributed by atoms with van der Waals surface area (Å²) in [6.45, 7) is 2.10. The van der Waals surface area contributed by atoms with Crippen LogP contribution >= 0.6 is 11.3 Å². The molecular formula is C20H19N3O4S2. The van der Waals surface area contributed by atoms with Gasteiger partial charge in [0.1, 0.15) is 10.6 Å². The van der Waals surface area contributed by atoms with Crippen molar-refractivity contribution in [2.45, 2.75) is 18.6 Å². The van der Waals surface area contributed by atoms with Gasteiger partial charge in [0.15, 0.2) is 0 Å². The number of fused-ring (bicyclic) bond motifs is 1. The Morgan fingerprint density at radius 2 is 1.86 bits per heavy atom. The molecule has 0 radical (unpaired) electrons. The third-order valence-corrected chi connectivity index (χ3v) is 7.20. The summed E-state index contributed by atoms with van der Waals surface area (Å²) in [6.07, 6.45) is 1.46. The maximum atomic E-state index is 13.1. The first-order chi connectivity index (χ1) is 13.8. The molecular weight excluding hydrogens is 410 g/mol. The van der Waals surface area contributed by atoms with Gasteiger partial charge in [-0.15, -0.1) is 11.3 Å². The van der Waals surface area contributed by atoms with E-state index in [1.54, 1.807) is 6.07 Å². The highest BCUT2D eigenvalue weighted by molar-refractivity contribution is 7.88. The summed E-state index contributed by atoms with van der Waals surface area (Å²) in [5, 5.41) is 2.33. The Balaban J connectivity index is 1.74. The molecule has 0 amide bonds. The van der Waals surface area contributed by atoms with Crippen molar-refractivity contribution in [1.29, 1.82) is 0 Å². The van der Waals surface area contributed by atoms with Crippen LogP contribution in [0.1, 0.15) is 11.3 Å². The van der Waals surface area contributed by atoms with Crippen LogP contribution in [-0.4, -0.2) is 36.4 Å². The number of nitrogens with zero attached hydrogens (tertiary/aromatic N) is 3. The highest BCUT2D eigenvalue weighted by Crippen LogP contribution is 2.30. The highest BCUT2D eigenvalue weighted by atomic mass is 32.2. The van der Waals surface area contributed by atoms with Crippen LogP contribution < -0.4 is 5.56 Å². The first-order valence-electron chi connectivity index (χ1n) is 8.82. The van der Waals surface area contributed by atoms with Crippen LogP contribution in [0.25, 0.3) is 21.3 Å². The summed E-state index contributed by atoms with van der Waals surface area (Å²) in [6, 6.07) is 10.9. The van der Waals surface area contributed by atoms with Crippen molar-refractivity contribution in [3.05, 3.63) is 69.8 Å². The third-order valence-electron chi connectivity index (χ3n) is 4.62. The molecule has 150 valence electrons. The fourth-order valence-electron chi connectivity index (χ4n) is 2.96. The molecule has 1 aromatic carbocycles. The van der Waals surface area contributed by atoms with Crippen molar-refractivity contribution in [2.24, 2.45) is 0 Å². The van der Waals surface area contributed by atoms with E-state index >= 15 is 0 Å². The van der Waals surface area contributed by atoms with Gasteiger partial charge < -0.3 is 4.42 Å². The lowest BCUT2D eigenvalue weighted by Crippen LogP contribution is -2.22. The van der Waals surface area contributed by atoms with Crippen LogP contribution in [0, 0.1) is 6.92 Å². The summed E-state index contributed by atoms with van der Waals surface area (Å²) >= 11 is 1.42. The molecule has 0 bridgehead atoms. The number of furan rings is 1. The Morgan fingerprint density at radius 1 is 1.14 bits per heavy atom. The Morgan fingerprint density at radius 3 is 2.55 bits per heavy atom. The second kappa shape index (κ2) is 7.25. The topological polar surface area (TPSA) is 85.4 Å². The minimum Gasteiger partial charge on any atom is -0.446 e. The molecule has 0 atom stereocenters. The Kier molecular flexibility index (Phi) is 4.89. The number of hydrogen-bond donors (Lipinski definition) is 0. The summed E-state index contributed by atoms with van der Waals surface area (Å²) in [5.74, 6) is 0.362. The summed E-state index contributed by atoms with van der Waals surface area (Å²) in [5.41, 5.74) is 2.74. The lowest BCUT2D eigenvalue weighted by atomic mass is 10.1. The van der Waals surface area contributed by atoms with E-state index in [-0.39, 0.29) is 17.2 Å². The minimum absolute atomic E-state index is 0.0912. The van der Waals surface area contributed by atoms with Crippen molar-refractivity contribution < 1.29 is 12.8 Å². The van der Waals surface area contributed by atoms with Crippen molar-refractivity contribution >= 4 is 31.6 Å². The molecule has 0 unspecified atom stereocenters. The molecule has 0 saturated heterocycles. The van der Waals surface area contributed by atoms with Gasteiger partial charge in [0, 0.05) is 25.0 Å². The molecule has 0 N–H and O–H groups in total. The second-order valence-electron chi connectivity index (χ2n) is 6.88. The van der Waals surface area contributed by atoms with Crippen molar-refractivity contribution in [2.75, 3.05) is 14.1 Å². The van der Waals surface area contributed by atoms with Crippen LogP contribution in [0.15, 0.2) is 62.4 Å². The van der Waals surface area contributed by atoms with Gasteiger partial charge in [-0.3, -0.25) is 9.36 Å². The fraction of sp³-hybridized carbons (Fsp3) is 0.200. The predicted molar refractivity (Wildman–Crippen MR) is 113 cm³/mol. The Hall–Kier alpha value is -2.75. The molecule has 4 rings (SSSR count). The van der Waals surface area contributed by atoms with E-state index in [0.717, 1.165) is 21.0 Å². The van der Waals surface area contributed by atoms with Crippen molar-refractivity contribution in [3.63, 3.8) is 0 Å². The summed E-state index contributed by atoms with van der Waals surface area (Å²) < 4.78 is 32.3. The van der Waals surface area contributed by atoms with Gasteiger partial charge in [-0.1, -0.05) is 29.8 Å². The molecule has 3 aromatic heterocycles. The smallest absolute Gasteiger partial charge is 0.275 e. The molecule has 29 heavy (non-hydrogen) atoms.